The molecule has 1 rings (SSSR count). The summed E-state index contributed by atoms with van der Waals surface area (Å²) in [5.74, 6) is 0. The van der Waals surface area contributed by atoms with E-state index in [0.717, 1.165) is 9.87 Å². The maximum absolute atomic E-state index is 12.6. The lowest BCUT2D eigenvalue weighted by molar-refractivity contribution is 0.0391. The van der Waals surface area contributed by atoms with E-state index in [1.165, 1.54) is 6.07 Å². The molecule has 0 aliphatic carbocycles. The predicted octanol–water partition coefficient (Wildman–Crippen LogP) is 3.33. The largest absolute Gasteiger partial charge is 0.443 e. The van der Waals surface area contributed by atoms with Gasteiger partial charge in [0.2, 0.25) is 0 Å². The first-order chi connectivity index (χ1) is 9.58. The van der Waals surface area contributed by atoms with E-state index in [9.17, 15) is 13.2 Å². The average molecular weight is 313 g/mol. The van der Waals surface area contributed by atoms with Crippen molar-refractivity contribution < 1.29 is 17.9 Å². The molecule has 118 valence electrons. The highest BCUT2D eigenvalue weighted by atomic mass is 32.2. The number of amides is 1. The Bertz CT molecular complexity index is 602. The van der Waals surface area contributed by atoms with Crippen LogP contribution in [0.5, 0.6) is 0 Å². The fourth-order valence-corrected chi connectivity index (χ4v) is 3.22. The molecule has 0 saturated carbocycles. The number of nitrogens with zero attached hydrogens (tertiary/aromatic N) is 1. The highest BCUT2D eigenvalue weighted by molar-refractivity contribution is 7.89. The summed E-state index contributed by atoms with van der Waals surface area (Å²) in [6.45, 7) is 8.81. The van der Waals surface area contributed by atoms with Crippen molar-refractivity contribution in [2.45, 2.75) is 51.5 Å². The lowest BCUT2D eigenvalue weighted by Crippen LogP contribution is -2.41. The Morgan fingerprint density at radius 3 is 2.38 bits per heavy atom. The van der Waals surface area contributed by atoms with Crippen molar-refractivity contribution in [3.05, 3.63) is 29.8 Å². The Labute approximate surface area is 127 Å². The molecule has 5 nitrogen and oxygen atoms in total. The highest BCUT2D eigenvalue weighted by Crippen LogP contribution is 2.20. The summed E-state index contributed by atoms with van der Waals surface area (Å²) in [5, 5.41) is 0. The van der Waals surface area contributed by atoms with Crippen molar-refractivity contribution in [1.82, 2.24) is 4.31 Å². The maximum atomic E-state index is 12.6. The van der Waals surface area contributed by atoms with Crippen LogP contribution in [0.25, 0.3) is 0 Å². The third kappa shape index (κ3) is 4.74. The molecular formula is C15H23NO4S. The van der Waals surface area contributed by atoms with Gasteiger partial charge in [-0.05, 0) is 51.8 Å². The summed E-state index contributed by atoms with van der Waals surface area (Å²) in [6.07, 6.45) is -0.324. The lowest BCUT2D eigenvalue weighted by Gasteiger charge is -2.26. The lowest BCUT2D eigenvalue weighted by atomic mass is 10.2. The molecule has 0 atom stereocenters. The van der Waals surface area contributed by atoms with Crippen molar-refractivity contribution in [2.24, 2.45) is 0 Å². The van der Waals surface area contributed by atoms with Crippen LogP contribution in [-0.2, 0) is 14.8 Å². The van der Waals surface area contributed by atoms with Crippen LogP contribution < -0.4 is 0 Å². The number of carbonyl (C=O) groups is 1. The second-order valence-electron chi connectivity index (χ2n) is 5.87. The van der Waals surface area contributed by atoms with Gasteiger partial charge in [0.05, 0.1) is 4.90 Å². The van der Waals surface area contributed by atoms with Crippen LogP contribution in [0.2, 0.25) is 0 Å². The zero-order valence-electron chi connectivity index (χ0n) is 13.2. The SMILES string of the molecule is CCCN(C(=O)OC(C)(C)C)S(=O)(=O)c1cccc(C)c1. The Morgan fingerprint density at radius 2 is 1.90 bits per heavy atom. The molecule has 6 heteroatoms. The monoisotopic (exact) mass is 313 g/mol. The van der Waals surface area contributed by atoms with Gasteiger partial charge in [-0.1, -0.05) is 19.1 Å². The molecule has 0 fully saturated rings. The predicted molar refractivity (Wildman–Crippen MR) is 81.6 cm³/mol. The van der Waals surface area contributed by atoms with Crippen LogP contribution >= 0.6 is 0 Å². The van der Waals surface area contributed by atoms with Gasteiger partial charge in [0.25, 0.3) is 10.0 Å². The summed E-state index contributed by atoms with van der Waals surface area (Å²) in [5.41, 5.74) is 0.0716. The van der Waals surface area contributed by atoms with Crippen LogP contribution in [0.4, 0.5) is 4.79 Å². The summed E-state index contributed by atoms with van der Waals surface area (Å²) in [6, 6.07) is 6.48. The van der Waals surface area contributed by atoms with E-state index in [0.29, 0.717) is 6.42 Å². The zero-order valence-corrected chi connectivity index (χ0v) is 14.0. The quantitative estimate of drug-likeness (QED) is 0.855. The first-order valence-electron chi connectivity index (χ1n) is 6.90. The normalized spacial score (nSPS) is 12.0. The van der Waals surface area contributed by atoms with Crippen molar-refractivity contribution in [3.63, 3.8) is 0 Å². The minimum Gasteiger partial charge on any atom is -0.443 e. The smallest absolute Gasteiger partial charge is 0.424 e. The van der Waals surface area contributed by atoms with Gasteiger partial charge in [-0.15, -0.1) is 0 Å². The second kappa shape index (κ2) is 6.47. The summed E-state index contributed by atoms with van der Waals surface area (Å²) in [4.78, 5) is 12.3. The van der Waals surface area contributed by atoms with Gasteiger partial charge < -0.3 is 4.74 Å². The number of rotatable bonds is 4. The standard InChI is InChI=1S/C15H23NO4S/c1-6-10-16(14(17)20-15(3,4)5)21(18,19)13-9-7-8-12(2)11-13/h7-9,11H,6,10H2,1-5H3. The van der Waals surface area contributed by atoms with E-state index in [1.807, 2.05) is 6.92 Å². The van der Waals surface area contributed by atoms with Gasteiger partial charge in [-0.25, -0.2) is 17.5 Å². The van der Waals surface area contributed by atoms with Crippen LogP contribution in [0.15, 0.2) is 29.2 Å². The van der Waals surface area contributed by atoms with Gasteiger partial charge in [-0.2, -0.15) is 0 Å². The summed E-state index contributed by atoms with van der Waals surface area (Å²) < 4.78 is 31.3. The van der Waals surface area contributed by atoms with Gasteiger partial charge >= 0.3 is 6.09 Å². The molecule has 0 aliphatic rings. The number of hydrogen-bond donors (Lipinski definition) is 0. The van der Waals surface area contributed by atoms with Crippen molar-refractivity contribution >= 4 is 16.1 Å². The number of ether oxygens (including phenoxy) is 1. The minimum absolute atomic E-state index is 0.0885. The number of hydrogen-bond acceptors (Lipinski definition) is 4. The molecule has 1 aromatic rings. The van der Waals surface area contributed by atoms with E-state index in [1.54, 1.807) is 45.9 Å². The first-order valence-corrected chi connectivity index (χ1v) is 8.34. The first kappa shape index (κ1) is 17.5. The van der Waals surface area contributed by atoms with Gasteiger partial charge in [0, 0.05) is 6.54 Å². The molecule has 0 saturated heterocycles. The minimum atomic E-state index is -3.90. The van der Waals surface area contributed by atoms with E-state index in [4.69, 9.17) is 4.74 Å². The molecule has 1 amide bonds. The zero-order chi connectivity index (χ0) is 16.3. The molecule has 0 spiro atoms. The molecule has 0 bridgehead atoms. The molecule has 0 aliphatic heterocycles. The molecule has 0 aromatic heterocycles. The number of carbonyl (C=O) groups excluding carboxylic acids is 1. The number of benzene rings is 1. The maximum Gasteiger partial charge on any atom is 0.424 e. The van der Waals surface area contributed by atoms with Crippen LogP contribution in [0, 0.1) is 6.92 Å². The fourth-order valence-electron chi connectivity index (χ4n) is 1.73. The average Bonchev–Trinajstić information content (AvgIpc) is 2.33. The van der Waals surface area contributed by atoms with Gasteiger partial charge in [-0.3, -0.25) is 0 Å². The van der Waals surface area contributed by atoms with Crippen molar-refractivity contribution in [2.75, 3.05) is 6.54 Å². The molecule has 0 N–H and O–H groups in total. The Morgan fingerprint density at radius 1 is 1.29 bits per heavy atom. The Kier molecular flexibility index (Phi) is 5.39. The highest BCUT2D eigenvalue weighted by Gasteiger charge is 2.32. The van der Waals surface area contributed by atoms with E-state index < -0.39 is 21.7 Å². The van der Waals surface area contributed by atoms with E-state index in [-0.39, 0.29) is 11.4 Å². The molecule has 1 aromatic carbocycles. The van der Waals surface area contributed by atoms with Gasteiger partial charge in [0.1, 0.15) is 5.60 Å². The van der Waals surface area contributed by atoms with Crippen molar-refractivity contribution in [3.8, 4) is 0 Å². The van der Waals surface area contributed by atoms with Crippen molar-refractivity contribution in [1.29, 1.82) is 0 Å². The molecule has 0 radical (unpaired) electrons. The third-order valence-corrected chi connectivity index (χ3v) is 4.36. The fraction of sp³-hybridized carbons (Fsp3) is 0.533. The van der Waals surface area contributed by atoms with Crippen LogP contribution in [-0.4, -0.2) is 31.0 Å². The van der Waals surface area contributed by atoms with E-state index in [2.05, 4.69) is 0 Å². The number of aryl methyl sites for hydroxylation is 1. The Hall–Kier alpha value is -1.56. The summed E-state index contributed by atoms with van der Waals surface area (Å²) in [7, 11) is -3.90. The molecule has 0 heterocycles. The second-order valence-corrected chi connectivity index (χ2v) is 7.74. The van der Waals surface area contributed by atoms with Crippen LogP contribution in [0.1, 0.15) is 39.7 Å². The Balaban J connectivity index is 3.18. The molecular weight excluding hydrogens is 290 g/mol. The van der Waals surface area contributed by atoms with Crippen LogP contribution in [0.3, 0.4) is 0 Å². The molecule has 0 unspecified atom stereocenters. The number of sulfonamides is 1. The topological polar surface area (TPSA) is 63.7 Å². The summed E-state index contributed by atoms with van der Waals surface area (Å²) >= 11 is 0. The third-order valence-electron chi connectivity index (χ3n) is 2.60. The molecule has 21 heavy (non-hydrogen) atoms. The van der Waals surface area contributed by atoms with E-state index >= 15 is 0 Å². The van der Waals surface area contributed by atoms with Gasteiger partial charge in [0.15, 0.2) is 0 Å².